The summed E-state index contributed by atoms with van der Waals surface area (Å²) in [6.45, 7) is 6.02. The maximum Gasteiger partial charge on any atom is 0.172 e. The van der Waals surface area contributed by atoms with Crippen molar-refractivity contribution in [1.29, 1.82) is 0 Å². The van der Waals surface area contributed by atoms with Gasteiger partial charge < -0.3 is 4.57 Å². The molecule has 7 nitrogen and oxygen atoms in total. The van der Waals surface area contributed by atoms with E-state index in [1.165, 1.54) is 0 Å². The Morgan fingerprint density at radius 3 is 2.64 bits per heavy atom. The summed E-state index contributed by atoms with van der Waals surface area (Å²) in [4.78, 5) is 16.9. The lowest BCUT2D eigenvalue weighted by molar-refractivity contribution is 0.0991. The van der Waals surface area contributed by atoms with E-state index in [0.29, 0.717) is 11.3 Å². The standard InChI is InChI=1S/C21H22N6O/c1-13(2)27-12-17(10-23-27)21(28)9-18-8-16-7-15(5-6-19(16)25-24-18)20-11-22-14(3)26(20)4/h5-8,10-13H,9H2,1-4H3. The van der Waals surface area contributed by atoms with Crippen molar-refractivity contribution in [3.05, 3.63) is 59.9 Å². The van der Waals surface area contributed by atoms with Crippen LogP contribution >= 0.6 is 0 Å². The van der Waals surface area contributed by atoms with Gasteiger partial charge >= 0.3 is 0 Å². The van der Waals surface area contributed by atoms with Crippen molar-refractivity contribution in [3.8, 4) is 11.3 Å². The Kier molecular flexibility index (Phi) is 4.50. The molecule has 0 spiro atoms. The molecule has 0 radical (unpaired) electrons. The van der Waals surface area contributed by atoms with Gasteiger partial charge in [-0.05, 0) is 39.0 Å². The van der Waals surface area contributed by atoms with Crippen LogP contribution in [-0.4, -0.2) is 35.3 Å². The average Bonchev–Trinajstić information content (AvgIpc) is 3.29. The Morgan fingerprint density at radius 2 is 1.96 bits per heavy atom. The van der Waals surface area contributed by atoms with E-state index in [4.69, 9.17) is 0 Å². The highest BCUT2D eigenvalue weighted by Gasteiger charge is 2.13. The zero-order valence-electron chi connectivity index (χ0n) is 16.4. The molecular formula is C21H22N6O. The molecule has 3 aromatic heterocycles. The molecule has 28 heavy (non-hydrogen) atoms. The first-order valence-electron chi connectivity index (χ1n) is 9.25. The summed E-state index contributed by atoms with van der Waals surface area (Å²) in [6.07, 6.45) is 5.45. The molecule has 0 N–H and O–H groups in total. The lowest BCUT2D eigenvalue weighted by Crippen LogP contribution is -2.06. The van der Waals surface area contributed by atoms with Crippen molar-refractivity contribution >= 4 is 16.7 Å². The minimum atomic E-state index is -0.0148. The summed E-state index contributed by atoms with van der Waals surface area (Å²) in [6, 6.07) is 8.16. The monoisotopic (exact) mass is 374 g/mol. The highest BCUT2D eigenvalue weighted by atomic mass is 16.1. The van der Waals surface area contributed by atoms with Crippen molar-refractivity contribution in [2.45, 2.75) is 33.2 Å². The number of fused-ring (bicyclic) bond motifs is 1. The molecule has 0 unspecified atom stereocenters. The number of hydrogen-bond acceptors (Lipinski definition) is 5. The van der Waals surface area contributed by atoms with Crippen LogP contribution in [0.4, 0.5) is 0 Å². The zero-order chi connectivity index (χ0) is 19.8. The minimum absolute atomic E-state index is 0.0148. The Balaban J connectivity index is 1.62. The molecule has 142 valence electrons. The van der Waals surface area contributed by atoms with Crippen LogP contribution in [-0.2, 0) is 13.5 Å². The Morgan fingerprint density at radius 1 is 1.14 bits per heavy atom. The summed E-state index contributed by atoms with van der Waals surface area (Å²) >= 11 is 0. The smallest absolute Gasteiger partial charge is 0.172 e. The predicted octanol–water partition coefficient (Wildman–Crippen LogP) is 3.54. The van der Waals surface area contributed by atoms with Crippen LogP contribution in [0.3, 0.4) is 0 Å². The molecule has 3 heterocycles. The zero-order valence-corrected chi connectivity index (χ0v) is 16.4. The predicted molar refractivity (Wildman–Crippen MR) is 107 cm³/mol. The van der Waals surface area contributed by atoms with Crippen molar-refractivity contribution in [1.82, 2.24) is 29.5 Å². The number of nitrogens with zero attached hydrogens (tertiary/aromatic N) is 6. The first kappa shape index (κ1) is 18.0. The lowest BCUT2D eigenvalue weighted by atomic mass is 10.1. The van der Waals surface area contributed by atoms with E-state index in [9.17, 15) is 4.79 Å². The summed E-state index contributed by atoms with van der Waals surface area (Å²) < 4.78 is 3.83. The third-order valence-electron chi connectivity index (χ3n) is 4.95. The van der Waals surface area contributed by atoms with E-state index < -0.39 is 0 Å². The van der Waals surface area contributed by atoms with Gasteiger partial charge in [-0.2, -0.15) is 15.3 Å². The fourth-order valence-corrected chi connectivity index (χ4v) is 3.13. The van der Waals surface area contributed by atoms with Crippen LogP contribution in [0, 0.1) is 6.92 Å². The second-order valence-electron chi connectivity index (χ2n) is 7.26. The maximum absolute atomic E-state index is 12.6. The number of aromatic nitrogens is 6. The van der Waals surface area contributed by atoms with Crippen molar-refractivity contribution in [3.63, 3.8) is 0 Å². The van der Waals surface area contributed by atoms with Gasteiger partial charge in [-0.15, -0.1) is 0 Å². The van der Waals surface area contributed by atoms with Crippen molar-refractivity contribution in [2.75, 3.05) is 0 Å². The number of benzene rings is 1. The summed E-state index contributed by atoms with van der Waals surface area (Å²) in [5, 5.41) is 13.7. The first-order valence-corrected chi connectivity index (χ1v) is 9.25. The van der Waals surface area contributed by atoms with Crippen molar-refractivity contribution < 1.29 is 4.79 Å². The Hall–Kier alpha value is -3.35. The van der Waals surface area contributed by atoms with Crippen LogP contribution < -0.4 is 0 Å². The topological polar surface area (TPSA) is 78.5 Å². The summed E-state index contributed by atoms with van der Waals surface area (Å²) in [7, 11) is 1.99. The molecule has 0 bridgehead atoms. The number of imidazole rings is 1. The maximum atomic E-state index is 12.6. The van der Waals surface area contributed by atoms with Gasteiger partial charge in [-0.1, -0.05) is 6.07 Å². The van der Waals surface area contributed by atoms with E-state index >= 15 is 0 Å². The molecule has 4 aromatic rings. The van der Waals surface area contributed by atoms with Crippen LogP contribution in [0.15, 0.2) is 42.9 Å². The van der Waals surface area contributed by atoms with E-state index in [-0.39, 0.29) is 18.2 Å². The van der Waals surface area contributed by atoms with Gasteiger partial charge in [0.25, 0.3) is 0 Å². The van der Waals surface area contributed by atoms with Gasteiger partial charge in [0, 0.05) is 30.2 Å². The minimum Gasteiger partial charge on any atom is -0.331 e. The molecule has 0 atom stereocenters. The molecule has 0 aliphatic rings. The third kappa shape index (κ3) is 3.31. The number of hydrogen-bond donors (Lipinski definition) is 0. The number of rotatable bonds is 5. The van der Waals surface area contributed by atoms with E-state index in [0.717, 1.165) is 28.0 Å². The second-order valence-corrected chi connectivity index (χ2v) is 7.26. The lowest BCUT2D eigenvalue weighted by Gasteiger charge is -2.06. The van der Waals surface area contributed by atoms with E-state index in [1.807, 2.05) is 56.8 Å². The van der Waals surface area contributed by atoms with Gasteiger partial charge in [0.2, 0.25) is 0 Å². The normalized spacial score (nSPS) is 11.5. The molecule has 0 saturated heterocycles. The second kappa shape index (κ2) is 6.99. The van der Waals surface area contributed by atoms with Gasteiger partial charge in [-0.25, -0.2) is 4.98 Å². The van der Waals surface area contributed by atoms with Gasteiger partial charge in [0.15, 0.2) is 5.78 Å². The molecule has 1 aromatic carbocycles. The Labute approximate surface area is 163 Å². The van der Waals surface area contributed by atoms with Crippen LogP contribution in [0.5, 0.6) is 0 Å². The highest BCUT2D eigenvalue weighted by Crippen LogP contribution is 2.24. The number of aryl methyl sites for hydroxylation is 1. The first-order chi connectivity index (χ1) is 13.4. The van der Waals surface area contributed by atoms with Crippen LogP contribution in [0.2, 0.25) is 0 Å². The number of ketones is 1. The quantitative estimate of drug-likeness (QED) is 0.499. The highest BCUT2D eigenvalue weighted by molar-refractivity contribution is 5.97. The molecule has 0 aliphatic carbocycles. The molecule has 0 fully saturated rings. The number of carbonyl (C=O) groups excluding carboxylic acids is 1. The SMILES string of the molecule is Cc1ncc(-c2ccc3nnc(CC(=O)c4cnn(C(C)C)c4)cc3c2)n1C. The molecule has 0 saturated carbocycles. The third-order valence-corrected chi connectivity index (χ3v) is 4.95. The largest absolute Gasteiger partial charge is 0.331 e. The van der Waals surface area contributed by atoms with Crippen LogP contribution in [0.1, 0.15) is 41.8 Å². The van der Waals surface area contributed by atoms with Crippen molar-refractivity contribution in [2.24, 2.45) is 7.05 Å². The molecule has 0 amide bonds. The number of Topliss-reactive ketones (excluding diaryl/α,β-unsaturated/α-hetero) is 1. The molecule has 7 heteroatoms. The van der Waals surface area contributed by atoms with Gasteiger partial charge in [-0.3, -0.25) is 9.48 Å². The molecule has 4 rings (SSSR count). The summed E-state index contributed by atoms with van der Waals surface area (Å²) in [5.41, 5.74) is 4.13. The van der Waals surface area contributed by atoms with Gasteiger partial charge in [0.05, 0.1) is 41.3 Å². The molecule has 0 aliphatic heterocycles. The fourth-order valence-electron chi connectivity index (χ4n) is 3.13. The van der Waals surface area contributed by atoms with Gasteiger partial charge in [0.1, 0.15) is 5.82 Å². The summed E-state index contributed by atoms with van der Waals surface area (Å²) in [5.74, 6) is 0.940. The van der Waals surface area contributed by atoms with Crippen LogP contribution in [0.25, 0.3) is 22.2 Å². The average molecular weight is 374 g/mol. The fraction of sp³-hybridized carbons (Fsp3) is 0.286. The molecular weight excluding hydrogens is 352 g/mol. The van der Waals surface area contributed by atoms with E-state index in [1.54, 1.807) is 17.1 Å². The Bertz CT molecular complexity index is 1170. The number of carbonyl (C=O) groups is 1. The van der Waals surface area contributed by atoms with E-state index in [2.05, 4.69) is 26.3 Å².